The van der Waals surface area contributed by atoms with E-state index in [4.69, 9.17) is 4.74 Å². The second-order valence-electron chi connectivity index (χ2n) is 6.92. The number of rotatable bonds is 7. The Labute approximate surface area is 163 Å². The summed E-state index contributed by atoms with van der Waals surface area (Å²) in [4.78, 5) is 40.5. The van der Waals surface area contributed by atoms with Crippen LogP contribution in [0.2, 0.25) is 0 Å². The van der Waals surface area contributed by atoms with E-state index in [1.807, 2.05) is 0 Å². The quantitative estimate of drug-likeness (QED) is 0.695. The van der Waals surface area contributed by atoms with Crippen LogP contribution in [0.15, 0.2) is 18.2 Å². The number of amides is 4. The van der Waals surface area contributed by atoms with Crippen LogP contribution in [0.25, 0.3) is 0 Å². The Balaban J connectivity index is 1.42. The number of ether oxygens (including phenoxy) is 1. The fourth-order valence-electron chi connectivity index (χ4n) is 3.50. The number of hydrogen-bond donors (Lipinski definition) is 1. The van der Waals surface area contributed by atoms with Crippen LogP contribution in [0.3, 0.4) is 0 Å². The Kier molecular flexibility index (Phi) is 6.45. The van der Waals surface area contributed by atoms with Gasteiger partial charge < -0.3 is 15.0 Å². The van der Waals surface area contributed by atoms with Gasteiger partial charge in [-0.2, -0.15) is 0 Å². The van der Waals surface area contributed by atoms with Gasteiger partial charge in [0.15, 0.2) is 0 Å². The van der Waals surface area contributed by atoms with Crippen molar-refractivity contribution >= 4 is 17.8 Å². The van der Waals surface area contributed by atoms with Gasteiger partial charge in [-0.3, -0.25) is 19.4 Å². The highest BCUT2D eigenvalue weighted by atomic mass is 19.1. The Morgan fingerprint density at radius 2 is 1.96 bits per heavy atom. The number of benzene rings is 1. The number of urea groups is 1. The van der Waals surface area contributed by atoms with E-state index < -0.39 is 0 Å². The molecule has 9 heteroatoms. The van der Waals surface area contributed by atoms with Gasteiger partial charge in [0, 0.05) is 51.3 Å². The summed E-state index contributed by atoms with van der Waals surface area (Å²) in [5.41, 5.74) is 0.788. The van der Waals surface area contributed by atoms with Gasteiger partial charge in [0.25, 0.3) is 0 Å². The molecule has 0 radical (unpaired) electrons. The molecule has 28 heavy (non-hydrogen) atoms. The van der Waals surface area contributed by atoms with Crippen molar-refractivity contribution < 1.29 is 23.5 Å². The molecular formula is C19H25FN4O4. The molecule has 1 N–H and O–H groups in total. The molecule has 0 spiro atoms. The average molecular weight is 392 g/mol. The summed E-state index contributed by atoms with van der Waals surface area (Å²) in [6.07, 6.45) is 0.757. The molecule has 1 aromatic carbocycles. The first-order chi connectivity index (χ1) is 13.5. The largest absolute Gasteiger partial charge is 0.496 e. The summed E-state index contributed by atoms with van der Waals surface area (Å²) in [6.45, 7) is 3.44. The van der Waals surface area contributed by atoms with Crippen molar-refractivity contribution in [3.8, 4) is 5.75 Å². The monoisotopic (exact) mass is 392 g/mol. The zero-order valence-electron chi connectivity index (χ0n) is 15.9. The third-order valence-electron chi connectivity index (χ3n) is 5.07. The van der Waals surface area contributed by atoms with Gasteiger partial charge in [0.1, 0.15) is 11.6 Å². The van der Waals surface area contributed by atoms with E-state index in [-0.39, 0.29) is 36.8 Å². The molecule has 0 saturated carbocycles. The van der Waals surface area contributed by atoms with E-state index in [1.54, 1.807) is 18.1 Å². The Bertz CT molecular complexity index is 733. The summed E-state index contributed by atoms with van der Waals surface area (Å²) in [5.74, 6) is 0.129. The van der Waals surface area contributed by atoms with E-state index >= 15 is 0 Å². The average Bonchev–Trinajstić information content (AvgIpc) is 3.01. The van der Waals surface area contributed by atoms with Gasteiger partial charge in [-0.15, -0.1) is 0 Å². The molecular weight excluding hydrogens is 367 g/mol. The zero-order chi connectivity index (χ0) is 20.1. The van der Waals surface area contributed by atoms with Gasteiger partial charge in [-0.1, -0.05) is 0 Å². The SMILES string of the molecule is COc1ccc(F)cc1CN1CCN(C(=O)CCCN2C(=O)CNC2=O)CC1. The molecule has 2 aliphatic heterocycles. The van der Waals surface area contributed by atoms with E-state index in [9.17, 15) is 18.8 Å². The number of carbonyl (C=O) groups is 3. The smallest absolute Gasteiger partial charge is 0.324 e. The lowest BCUT2D eigenvalue weighted by atomic mass is 10.1. The summed E-state index contributed by atoms with van der Waals surface area (Å²) in [6, 6.07) is 4.08. The molecule has 1 aromatic rings. The molecule has 0 aliphatic carbocycles. The van der Waals surface area contributed by atoms with Crippen molar-refractivity contribution in [2.75, 3.05) is 46.4 Å². The van der Waals surface area contributed by atoms with Crippen LogP contribution in [-0.4, -0.2) is 78.9 Å². The molecule has 0 aromatic heterocycles. The maximum atomic E-state index is 13.5. The summed E-state index contributed by atoms with van der Waals surface area (Å²) in [5, 5.41) is 2.46. The van der Waals surface area contributed by atoms with Crippen LogP contribution in [0.5, 0.6) is 5.75 Å². The summed E-state index contributed by atoms with van der Waals surface area (Å²) in [7, 11) is 1.56. The first-order valence-corrected chi connectivity index (χ1v) is 9.38. The normalized spacial score (nSPS) is 17.8. The van der Waals surface area contributed by atoms with E-state index in [0.29, 0.717) is 51.3 Å². The van der Waals surface area contributed by atoms with E-state index in [2.05, 4.69) is 10.2 Å². The van der Waals surface area contributed by atoms with Gasteiger partial charge in [-0.25, -0.2) is 9.18 Å². The first kappa shape index (κ1) is 20.1. The van der Waals surface area contributed by atoms with Crippen molar-refractivity contribution in [1.29, 1.82) is 0 Å². The van der Waals surface area contributed by atoms with Crippen molar-refractivity contribution in [3.05, 3.63) is 29.6 Å². The molecule has 2 fully saturated rings. The number of imide groups is 1. The predicted octanol–water partition coefficient (Wildman–Crippen LogP) is 0.811. The number of carbonyl (C=O) groups excluding carboxylic acids is 3. The van der Waals surface area contributed by atoms with Crippen molar-refractivity contribution in [1.82, 2.24) is 20.0 Å². The Hall–Kier alpha value is -2.68. The van der Waals surface area contributed by atoms with Crippen molar-refractivity contribution in [3.63, 3.8) is 0 Å². The zero-order valence-corrected chi connectivity index (χ0v) is 15.9. The highest BCUT2D eigenvalue weighted by Gasteiger charge is 2.28. The lowest BCUT2D eigenvalue weighted by molar-refractivity contribution is -0.133. The van der Waals surface area contributed by atoms with Crippen LogP contribution in [0, 0.1) is 5.82 Å². The number of hydrogen-bond acceptors (Lipinski definition) is 5. The third kappa shape index (κ3) is 4.78. The molecule has 8 nitrogen and oxygen atoms in total. The number of piperazine rings is 1. The highest BCUT2D eigenvalue weighted by Crippen LogP contribution is 2.21. The van der Waals surface area contributed by atoms with E-state index in [1.165, 1.54) is 12.1 Å². The molecule has 4 amide bonds. The Morgan fingerprint density at radius 3 is 2.61 bits per heavy atom. The number of nitrogens with one attached hydrogen (secondary N) is 1. The van der Waals surface area contributed by atoms with Gasteiger partial charge in [0.2, 0.25) is 11.8 Å². The predicted molar refractivity (Wildman–Crippen MR) is 99.2 cm³/mol. The maximum Gasteiger partial charge on any atom is 0.324 e. The first-order valence-electron chi connectivity index (χ1n) is 9.38. The summed E-state index contributed by atoms with van der Waals surface area (Å²) < 4.78 is 18.8. The number of halogens is 1. The minimum atomic E-state index is -0.390. The molecule has 0 unspecified atom stereocenters. The van der Waals surface area contributed by atoms with Crippen LogP contribution < -0.4 is 10.1 Å². The molecule has 0 atom stereocenters. The van der Waals surface area contributed by atoms with Crippen LogP contribution >= 0.6 is 0 Å². The third-order valence-corrected chi connectivity index (χ3v) is 5.07. The molecule has 3 rings (SSSR count). The fourth-order valence-corrected chi connectivity index (χ4v) is 3.50. The minimum absolute atomic E-state index is 0.0232. The Morgan fingerprint density at radius 1 is 1.21 bits per heavy atom. The second kappa shape index (κ2) is 9.01. The topological polar surface area (TPSA) is 82.2 Å². The molecule has 0 bridgehead atoms. The molecule has 152 valence electrons. The van der Waals surface area contributed by atoms with Crippen LogP contribution in [0.4, 0.5) is 9.18 Å². The minimum Gasteiger partial charge on any atom is -0.496 e. The number of methoxy groups -OCH3 is 1. The molecule has 2 saturated heterocycles. The van der Waals surface area contributed by atoms with Gasteiger partial charge in [-0.05, 0) is 24.6 Å². The van der Waals surface area contributed by atoms with Crippen LogP contribution in [-0.2, 0) is 16.1 Å². The fraction of sp³-hybridized carbons (Fsp3) is 0.526. The van der Waals surface area contributed by atoms with Crippen LogP contribution in [0.1, 0.15) is 18.4 Å². The van der Waals surface area contributed by atoms with Crippen molar-refractivity contribution in [2.45, 2.75) is 19.4 Å². The van der Waals surface area contributed by atoms with Gasteiger partial charge in [0.05, 0.1) is 13.7 Å². The van der Waals surface area contributed by atoms with Gasteiger partial charge >= 0.3 is 6.03 Å². The van der Waals surface area contributed by atoms with E-state index in [0.717, 1.165) is 10.5 Å². The lowest BCUT2D eigenvalue weighted by Gasteiger charge is -2.35. The second-order valence-corrected chi connectivity index (χ2v) is 6.92. The maximum absolute atomic E-state index is 13.5. The molecule has 2 aliphatic rings. The molecule has 2 heterocycles. The standard InChI is InChI=1S/C19H25FN4O4/c1-28-16-5-4-15(20)11-14(16)13-22-7-9-23(10-8-22)17(25)3-2-6-24-18(26)12-21-19(24)27/h4-5,11H,2-3,6-10,12-13H2,1H3,(H,21,27). The lowest BCUT2D eigenvalue weighted by Crippen LogP contribution is -2.48. The highest BCUT2D eigenvalue weighted by molar-refractivity contribution is 6.01. The number of nitrogens with zero attached hydrogens (tertiary/aromatic N) is 3. The summed E-state index contributed by atoms with van der Waals surface area (Å²) >= 11 is 0. The van der Waals surface area contributed by atoms with Crippen molar-refractivity contribution in [2.24, 2.45) is 0 Å².